The summed E-state index contributed by atoms with van der Waals surface area (Å²) in [4.78, 5) is 26.6. The molecular weight excluding hydrogens is 342 g/mol. The van der Waals surface area contributed by atoms with Gasteiger partial charge in [0.25, 0.3) is 0 Å². The number of ether oxygens (including phenoxy) is 1. The third-order valence-corrected chi connectivity index (χ3v) is 4.93. The predicted octanol–water partition coefficient (Wildman–Crippen LogP) is 2.20. The molecule has 2 unspecified atom stereocenters. The molecule has 1 aliphatic rings. The van der Waals surface area contributed by atoms with Crippen molar-refractivity contribution in [2.75, 3.05) is 26.7 Å². The molecule has 1 saturated heterocycles. The number of hydrogen-bond donors (Lipinski definition) is 2. The third-order valence-electron chi connectivity index (χ3n) is 4.93. The number of carbonyl (C=O) groups is 2. The maximum absolute atomic E-state index is 12.2. The van der Waals surface area contributed by atoms with Crippen LogP contribution in [0.3, 0.4) is 0 Å². The molecular formula is C21H31N3O3. The molecule has 0 aromatic heterocycles. The molecule has 1 aromatic carbocycles. The average molecular weight is 373 g/mol. The molecule has 1 aromatic rings. The van der Waals surface area contributed by atoms with Crippen molar-refractivity contribution in [1.82, 2.24) is 15.5 Å². The molecule has 2 N–H and O–H groups in total. The first-order valence-corrected chi connectivity index (χ1v) is 9.64. The fourth-order valence-corrected chi connectivity index (χ4v) is 3.18. The van der Waals surface area contributed by atoms with Gasteiger partial charge in [0.1, 0.15) is 11.8 Å². The summed E-state index contributed by atoms with van der Waals surface area (Å²) in [5.41, 5.74) is 0.888. The van der Waals surface area contributed by atoms with Gasteiger partial charge in [0.2, 0.25) is 11.8 Å². The monoisotopic (exact) mass is 373 g/mol. The number of amides is 2. The van der Waals surface area contributed by atoms with Crippen LogP contribution in [0.1, 0.15) is 38.7 Å². The van der Waals surface area contributed by atoms with E-state index in [9.17, 15) is 9.59 Å². The van der Waals surface area contributed by atoms with Crippen molar-refractivity contribution >= 4 is 17.9 Å². The highest BCUT2D eigenvalue weighted by Gasteiger charge is 2.18. The van der Waals surface area contributed by atoms with Crippen molar-refractivity contribution in [3.8, 4) is 5.75 Å². The summed E-state index contributed by atoms with van der Waals surface area (Å²) in [5.74, 6) is 0.310. The van der Waals surface area contributed by atoms with Crippen molar-refractivity contribution in [3.05, 3.63) is 35.9 Å². The molecule has 0 spiro atoms. The Morgan fingerprint density at radius 2 is 2.04 bits per heavy atom. The second kappa shape index (κ2) is 10.7. The number of carbonyl (C=O) groups excluding carboxylic acids is 2. The molecule has 1 fully saturated rings. The molecule has 0 saturated carbocycles. The van der Waals surface area contributed by atoms with Gasteiger partial charge in [-0.15, -0.1) is 0 Å². The number of nitrogens with zero attached hydrogens (tertiary/aromatic N) is 1. The van der Waals surface area contributed by atoms with Crippen LogP contribution in [0.5, 0.6) is 5.75 Å². The molecule has 2 rings (SSSR count). The maximum Gasteiger partial charge on any atom is 0.244 e. The summed E-state index contributed by atoms with van der Waals surface area (Å²) in [6, 6.07) is 7.39. The highest BCUT2D eigenvalue weighted by Crippen LogP contribution is 2.15. The number of piperidine rings is 1. The van der Waals surface area contributed by atoms with Crippen LogP contribution in [0.25, 0.3) is 6.08 Å². The summed E-state index contributed by atoms with van der Waals surface area (Å²) in [7, 11) is 1.61. The normalized spacial score (nSPS) is 18.9. The van der Waals surface area contributed by atoms with E-state index in [0.29, 0.717) is 12.6 Å². The molecule has 6 heteroatoms. The summed E-state index contributed by atoms with van der Waals surface area (Å²) in [5, 5.41) is 5.60. The Morgan fingerprint density at radius 3 is 2.70 bits per heavy atom. The Kier molecular flexibility index (Phi) is 8.33. The van der Waals surface area contributed by atoms with Crippen LogP contribution in [0.15, 0.2) is 30.3 Å². The van der Waals surface area contributed by atoms with Crippen LogP contribution >= 0.6 is 0 Å². The SMILES string of the molecule is COc1ccc(/C=C/C(=O)NC(C)C(=O)NCCN2CCCCC2C)cc1. The minimum absolute atomic E-state index is 0.161. The van der Waals surface area contributed by atoms with E-state index in [1.807, 2.05) is 24.3 Å². The molecule has 6 nitrogen and oxygen atoms in total. The van der Waals surface area contributed by atoms with Gasteiger partial charge in [0.05, 0.1) is 7.11 Å². The molecule has 0 aliphatic carbocycles. The lowest BCUT2D eigenvalue weighted by Crippen LogP contribution is -2.47. The Balaban J connectivity index is 1.70. The van der Waals surface area contributed by atoms with Crippen molar-refractivity contribution < 1.29 is 14.3 Å². The molecule has 1 heterocycles. The van der Waals surface area contributed by atoms with Crippen LogP contribution in [0.4, 0.5) is 0 Å². The maximum atomic E-state index is 12.2. The standard InChI is InChI=1S/C21H31N3O3/c1-16-6-4-5-14-24(16)15-13-22-21(26)17(2)23-20(25)12-9-18-7-10-19(27-3)11-8-18/h7-12,16-17H,4-6,13-15H2,1-3H3,(H,22,26)(H,23,25)/b12-9+. The highest BCUT2D eigenvalue weighted by atomic mass is 16.5. The predicted molar refractivity (Wildman–Crippen MR) is 108 cm³/mol. The number of hydrogen-bond acceptors (Lipinski definition) is 4. The first-order chi connectivity index (χ1) is 13.0. The van der Waals surface area contributed by atoms with Gasteiger partial charge in [-0.3, -0.25) is 14.5 Å². The van der Waals surface area contributed by atoms with Gasteiger partial charge in [0, 0.05) is 25.2 Å². The molecule has 1 aliphatic heterocycles. The number of nitrogens with one attached hydrogen (secondary N) is 2. The smallest absolute Gasteiger partial charge is 0.244 e. The van der Waals surface area contributed by atoms with Gasteiger partial charge in [-0.25, -0.2) is 0 Å². The quantitative estimate of drug-likeness (QED) is 0.686. The summed E-state index contributed by atoms with van der Waals surface area (Å²) >= 11 is 0. The van der Waals surface area contributed by atoms with E-state index in [1.165, 1.54) is 25.3 Å². The number of likely N-dealkylation sites (tertiary alicyclic amines) is 1. The summed E-state index contributed by atoms with van der Waals surface area (Å²) in [6.45, 7) is 6.48. The Hall–Kier alpha value is -2.34. The van der Waals surface area contributed by atoms with E-state index in [-0.39, 0.29) is 11.8 Å². The van der Waals surface area contributed by atoms with E-state index in [4.69, 9.17) is 4.74 Å². The Labute approximate surface area is 162 Å². The highest BCUT2D eigenvalue weighted by molar-refractivity contribution is 5.95. The van der Waals surface area contributed by atoms with Crippen molar-refractivity contribution in [2.45, 2.75) is 45.2 Å². The molecule has 148 valence electrons. The van der Waals surface area contributed by atoms with Crippen LogP contribution in [0.2, 0.25) is 0 Å². The van der Waals surface area contributed by atoms with Crippen LogP contribution in [0, 0.1) is 0 Å². The zero-order chi connectivity index (χ0) is 19.6. The molecule has 2 amide bonds. The van der Waals surface area contributed by atoms with Crippen LogP contribution in [-0.2, 0) is 9.59 Å². The molecule has 0 radical (unpaired) electrons. The average Bonchev–Trinajstić information content (AvgIpc) is 2.68. The van der Waals surface area contributed by atoms with Gasteiger partial charge in [0.15, 0.2) is 0 Å². The van der Waals surface area contributed by atoms with E-state index in [0.717, 1.165) is 24.4 Å². The number of benzene rings is 1. The minimum atomic E-state index is -0.572. The lowest BCUT2D eigenvalue weighted by molar-refractivity contribution is -0.126. The Morgan fingerprint density at radius 1 is 1.30 bits per heavy atom. The van der Waals surface area contributed by atoms with Gasteiger partial charge in [-0.2, -0.15) is 0 Å². The molecule has 27 heavy (non-hydrogen) atoms. The van der Waals surface area contributed by atoms with E-state index < -0.39 is 6.04 Å². The summed E-state index contributed by atoms with van der Waals surface area (Å²) in [6.07, 6.45) is 6.88. The van der Waals surface area contributed by atoms with E-state index >= 15 is 0 Å². The lowest BCUT2D eigenvalue weighted by atomic mass is 10.0. The van der Waals surface area contributed by atoms with Gasteiger partial charge in [-0.05, 0) is 57.0 Å². The number of methoxy groups -OCH3 is 1. The lowest BCUT2D eigenvalue weighted by Gasteiger charge is -2.33. The zero-order valence-electron chi connectivity index (χ0n) is 16.5. The first kappa shape index (κ1) is 21.0. The fraction of sp³-hybridized carbons (Fsp3) is 0.524. The second-order valence-electron chi connectivity index (χ2n) is 7.01. The minimum Gasteiger partial charge on any atom is -0.497 e. The zero-order valence-corrected chi connectivity index (χ0v) is 16.5. The van der Waals surface area contributed by atoms with Gasteiger partial charge >= 0.3 is 0 Å². The molecule has 2 atom stereocenters. The van der Waals surface area contributed by atoms with Gasteiger partial charge in [-0.1, -0.05) is 18.6 Å². The largest absolute Gasteiger partial charge is 0.497 e. The van der Waals surface area contributed by atoms with E-state index in [2.05, 4.69) is 22.5 Å². The topological polar surface area (TPSA) is 70.7 Å². The Bertz CT molecular complexity index is 643. The fourth-order valence-electron chi connectivity index (χ4n) is 3.18. The second-order valence-corrected chi connectivity index (χ2v) is 7.01. The van der Waals surface area contributed by atoms with Crippen molar-refractivity contribution in [1.29, 1.82) is 0 Å². The molecule has 0 bridgehead atoms. The van der Waals surface area contributed by atoms with Crippen LogP contribution in [-0.4, -0.2) is 55.5 Å². The van der Waals surface area contributed by atoms with Crippen molar-refractivity contribution in [3.63, 3.8) is 0 Å². The van der Waals surface area contributed by atoms with Gasteiger partial charge < -0.3 is 15.4 Å². The van der Waals surface area contributed by atoms with E-state index in [1.54, 1.807) is 20.1 Å². The number of rotatable bonds is 8. The third kappa shape index (κ3) is 7.06. The summed E-state index contributed by atoms with van der Waals surface area (Å²) < 4.78 is 5.10. The van der Waals surface area contributed by atoms with Crippen LogP contribution < -0.4 is 15.4 Å². The first-order valence-electron chi connectivity index (χ1n) is 9.64. The van der Waals surface area contributed by atoms with Crippen molar-refractivity contribution in [2.24, 2.45) is 0 Å².